The van der Waals surface area contributed by atoms with Crippen LogP contribution in [0.2, 0.25) is 0 Å². The van der Waals surface area contributed by atoms with Gasteiger partial charge in [0.1, 0.15) is 0 Å². The van der Waals surface area contributed by atoms with E-state index in [9.17, 15) is 0 Å². The van der Waals surface area contributed by atoms with Gasteiger partial charge in [-0.3, -0.25) is 9.11 Å². The molecule has 0 saturated heterocycles. The van der Waals surface area contributed by atoms with Gasteiger partial charge in [0.05, 0.1) is 0 Å². The van der Waals surface area contributed by atoms with Gasteiger partial charge in [-0.1, -0.05) is 0 Å². The SMILES string of the molecule is CC(C)O.O=S(=O)(O)O.O=[N+]([O-])O. The lowest BCUT2D eigenvalue weighted by molar-refractivity contribution is -0.742. The lowest BCUT2D eigenvalue weighted by Crippen LogP contribution is -1.89. The van der Waals surface area contributed by atoms with Crippen molar-refractivity contribution in [2.24, 2.45) is 0 Å². The Morgan fingerprint density at radius 3 is 1.31 bits per heavy atom. The van der Waals surface area contributed by atoms with Crippen LogP contribution in [0.5, 0.6) is 0 Å². The zero-order valence-corrected chi connectivity index (χ0v) is 7.67. The maximum atomic E-state index is 8.74. The van der Waals surface area contributed by atoms with Crippen LogP contribution in [-0.2, 0) is 10.4 Å². The van der Waals surface area contributed by atoms with Crippen molar-refractivity contribution in [1.82, 2.24) is 0 Å². The van der Waals surface area contributed by atoms with Gasteiger partial charge in [-0.25, -0.2) is 0 Å². The van der Waals surface area contributed by atoms with Crippen LogP contribution in [-0.4, -0.2) is 39.0 Å². The van der Waals surface area contributed by atoms with Crippen molar-refractivity contribution >= 4 is 10.4 Å². The summed E-state index contributed by atoms with van der Waals surface area (Å²) in [5.41, 5.74) is 0. The van der Waals surface area contributed by atoms with Gasteiger partial charge in [0.15, 0.2) is 0 Å². The quantitative estimate of drug-likeness (QED) is 0.239. The second-order valence-electron chi connectivity index (χ2n) is 1.78. The number of hydrogen-bond acceptors (Lipinski definition) is 5. The fourth-order valence-corrected chi connectivity index (χ4v) is 0. The van der Waals surface area contributed by atoms with Crippen LogP contribution in [0.4, 0.5) is 0 Å². The highest BCUT2D eigenvalue weighted by Crippen LogP contribution is 1.65. The van der Waals surface area contributed by atoms with Gasteiger partial charge in [0.2, 0.25) is 0 Å². The van der Waals surface area contributed by atoms with E-state index in [4.69, 9.17) is 38.0 Å². The van der Waals surface area contributed by atoms with Crippen molar-refractivity contribution in [2.45, 2.75) is 20.0 Å². The second kappa shape index (κ2) is 9.12. The van der Waals surface area contributed by atoms with Crippen LogP contribution in [0.25, 0.3) is 0 Å². The van der Waals surface area contributed by atoms with Gasteiger partial charge in [-0.15, -0.1) is 10.1 Å². The van der Waals surface area contributed by atoms with Crippen molar-refractivity contribution in [3.05, 3.63) is 10.1 Å². The van der Waals surface area contributed by atoms with Crippen molar-refractivity contribution in [3.8, 4) is 0 Å². The van der Waals surface area contributed by atoms with Crippen LogP contribution in [0.3, 0.4) is 0 Å². The molecule has 9 nitrogen and oxygen atoms in total. The Balaban J connectivity index is -0.000000117. The molecule has 0 amide bonds. The minimum absolute atomic E-state index is 0.167. The zero-order valence-electron chi connectivity index (χ0n) is 6.85. The van der Waals surface area contributed by atoms with E-state index in [-0.39, 0.29) is 6.10 Å². The Hall–Kier alpha value is -0.970. The maximum Gasteiger partial charge on any atom is 0.394 e. The average molecular weight is 221 g/mol. The Bertz CT molecular complexity index is 193. The Morgan fingerprint density at radius 2 is 1.31 bits per heavy atom. The smallest absolute Gasteiger partial charge is 0.394 e. The number of rotatable bonds is 0. The minimum atomic E-state index is -4.67. The van der Waals surface area contributed by atoms with Gasteiger partial charge in [0, 0.05) is 6.10 Å². The molecule has 0 aromatic carbocycles. The fraction of sp³-hybridized carbons (Fsp3) is 1.00. The van der Waals surface area contributed by atoms with Gasteiger partial charge >= 0.3 is 10.4 Å². The van der Waals surface area contributed by atoms with Crippen molar-refractivity contribution < 1.29 is 32.9 Å². The first-order valence-corrected chi connectivity index (χ1v) is 4.07. The molecule has 0 fully saturated rings. The fourth-order valence-electron chi connectivity index (χ4n) is 0. The Morgan fingerprint density at radius 1 is 1.31 bits per heavy atom. The van der Waals surface area contributed by atoms with E-state index >= 15 is 0 Å². The van der Waals surface area contributed by atoms with Gasteiger partial charge in [-0.2, -0.15) is 8.42 Å². The lowest BCUT2D eigenvalue weighted by atomic mass is 10.5. The highest BCUT2D eigenvalue weighted by molar-refractivity contribution is 7.79. The highest BCUT2D eigenvalue weighted by Gasteiger charge is 1.84. The molecule has 0 rings (SSSR count). The third-order valence-corrected chi connectivity index (χ3v) is 0. The number of nitrogens with zero attached hydrogens (tertiary/aromatic N) is 1. The molecule has 0 atom stereocenters. The molecule has 0 heterocycles. The Labute approximate surface area is 74.3 Å². The Kier molecular flexibility index (Phi) is 12.6. The molecule has 4 N–H and O–H groups in total. The number of aliphatic hydroxyl groups excluding tert-OH is 1. The molecule has 0 aliphatic heterocycles. The molecule has 0 spiro atoms. The van der Waals surface area contributed by atoms with E-state index in [1.807, 2.05) is 0 Å². The molecule has 0 unspecified atom stereocenters. The monoisotopic (exact) mass is 221 g/mol. The number of aliphatic hydroxyl groups is 1. The van der Waals surface area contributed by atoms with Crippen LogP contribution in [0.1, 0.15) is 13.8 Å². The molecule has 0 aromatic heterocycles. The predicted octanol–water partition coefficient (Wildman–Crippen LogP) is -0.613. The van der Waals surface area contributed by atoms with Crippen LogP contribution < -0.4 is 0 Å². The first-order valence-electron chi connectivity index (χ1n) is 2.68. The first-order chi connectivity index (χ1) is 5.46. The van der Waals surface area contributed by atoms with E-state index in [1.54, 1.807) is 13.8 Å². The van der Waals surface area contributed by atoms with Gasteiger partial charge in [-0.05, 0) is 13.8 Å². The summed E-state index contributed by atoms with van der Waals surface area (Å²) in [4.78, 5) is 8.36. The average Bonchev–Trinajstić information content (AvgIpc) is 1.50. The lowest BCUT2D eigenvalue weighted by Gasteiger charge is -1.80. The molecular formula is C3H11NO8S. The third kappa shape index (κ3) is 956. The molecule has 0 aliphatic carbocycles. The first kappa shape index (κ1) is 17.9. The van der Waals surface area contributed by atoms with Crippen molar-refractivity contribution in [1.29, 1.82) is 0 Å². The van der Waals surface area contributed by atoms with E-state index < -0.39 is 15.5 Å². The summed E-state index contributed by atoms with van der Waals surface area (Å²) < 4.78 is 31.6. The van der Waals surface area contributed by atoms with Gasteiger partial charge < -0.3 is 10.3 Å². The largest absolute Gasteiger partial charge is 0.394 e. The number of hydrogen-bond donors (Lipinski definition) is 4. The minimum Gasteiger partial charge on any atom is -0.394 e. The molecule has 82 valence electrons. The standard InChI is InChI=1S/C3H8O.HNO3.H2O4S/c1-3(2)4;2-1(3)4;1-5(2,3)4/h3-4H,1-2H3;(H,2,3,4);(H2,1,2,3,4). The van der Waals surface area contributed by atoms with Crippen molar-refractivity contribution in [3.63, 3.8) is 0 Å². The molecule has 10 heteroatoms. The van der Waals surface area contributed by atoms with E-state index in [0.717, 1.165) is 0 Å². The van der Waals surface area contributed by atoms with Crippen molar-refractivity contribution in [2.75, 3.05) is 0 Å². The summed E-state index contributed by atoms with van der Waals surface area (Å²) in [5.74, 6) is 0. The topological polar surface area (TPSA) is 158 Å². The summed E-state index contributed by atoms with van der Waals surface area (Å²) in [5, 5.41) is 21.7. The van der Waals surface area contributed by atoms with E-state index in [2.05, 4.69) is 0 Å². The molecule has 0 radical (unpaired) electrons. The molecule has 0 aromatic rings. The van der Waals surface area contributed by atoms with Gasteiger partial charge in [0.25, 0.3) is 5.09 Å². The molecule has 13 heavy (non-hydrogen) atoms. The van der Waals surface area contributed by atoms with Crippen LogP contribution >= 0.6 is 0 Å². The third-order valence-electron chi connectivity index (χ3n) is 0. The molecule has 0 saturated carbocycles. The summed E-state index contributed by atoms with van der Waals surface area (Å²) in [6.45, 7) is 3.44. The summed E-state index contributed by atoms with van der Waals surface area (Å²) in [6.07, 6.45) is -0.167. The molecule has 0 aliphatic rings. The predicted molar refractivity (Wildman–Crippen MR) is 40.3 cm³/mol. The van der Waals surface area contributed by atoms with Crippen LogP contribution in [0, 0.1) is 10.1 Å². The normalized spacial score (nSPS) is 9.08. The van der Waals surface area contributed by atoms with E-state index in [1.165, 1.54) is 0 Å². The second-order valence-corrected chi connectivity index (χ2v) is 2.68. The van der Waals surface area contributed by atoms with Crippen LogP contribution in [0.15, 0.2) is 0 Å². The van der Waals surface area contributed by atoms with E-state index in [0.29, 0.717) is 0 Å². The highest BCUT2D eigenvalue weighted by atomic mass is 32.3. The summed E-state index contributed by atoms with van der Waals surface area (Å²) >= 11 is 0. The summed E-state index contributed by atoms with van der Waals surface area (Å²) in [7, 11) is -4.67. The summed E-state index contributed by atoms with van der Waals surface area (Å²) in [6, 6.07) is 0. The molecular weight excluding hydrogens is 210 g/mol. The molecule has 0 bridgehead atoms. The maximum absolute atomic E-state index is 8.74. The zero-order chi connectivity index (χ0) is 11.7.